The zero-order valence-corrected chi connectivity index (χ0v) is 20.3. The van der Waals surface area contributed by atoms with Crippen molar-refractivity contribution in [1.82, 2.24) is 9.62 Å². The maximum absolute atomic E-state index is 12.9. The van der Waals surface area contributed by atoms with E-state index in [9.17, 15) is 18.0 Å². The molecule has 2 aromatic carbocycles. The second-order valence-corrected chi connectivity index (χ2v) is 10.1. The summed E-state index contributed by atoms with van der Waals surface area (Å²) in [6.07, 6.45) is 0. The van der Waals surface area contributed by atoms with Crippen molar-refractivity contribution in [3.05, 3.63) is 59.7 Å². The average Bonchev–Trinajstić information content (AvgIpc) is 2.86. The third-order valence-corrected chi connectivity index (χ3v) is 7.35. The van der Waals surface area contributed by atoms with Crippen molar-refractivity contribution in [2.24, 2.45) is 5.92 Å². The van der Waals surface area contributed by atoms with E-state index < -0.39 is 27.9 Å². The minimum Gasteiger partial charge on any atom is -0.497 e. The summed E-state index contributed by atoms with van der Waals surface area (Å²) in [6, 6.07) is 12.0. The molecule has 1 fully saturated rings. The highest BCUT2D eigenvalue weighted by atomic mass is 32.2. The molecule has 0 aliphatic carbocycles. The number of methoxy groups -OCH3 is 1. The van der Waals surface area contributed by atoms with Crippen molar-refractivity contribution in [2.45, 2.75) is 31.4 Å². The van der Waals surface area contributed by atoms with Crippen LogP contribution in [-0.2, 0) is 30.9 Å². The molecule has 34 heavy (non-hydrogen) atoms. The van der Waals surface area contributed by atoms with Gasteiger partial charge in [0.2, 0.25) is 10.0 Å². The van der Waals surface area contributed by atoms with E-state index in [0.717, 1.165) is 5.56 Å². The van der Waals surface area contributed by atoms with Crippen molar-refractivity contribution in [3.63, 3.8) is 0 Å². The fourth-order valence-corrected chi connectivity index (χ4v) is 4.88. The Morgan fingerprint density at radius 3 is 2.38 bits per heavy atom. The first kappa shape index (κ1) is 25.7. The summed E-state index contributed by atoms with van der Waals surface area (Å²) in [4.78, 5) is 25.6. The fraction of sp³-hybridized carbons (Fsp3) is 0.417. The number of benzene rings is 2. The van der Waals surface area contributed by atoms with Crippen LogP contribution in [-0.4, -0.2) is 64.1 Å². The quantitative estimate of drug-likeness (QED) is 0.537. The number of hydrogen-bond donors (Lipinski definition) is 1. The SMILES string of the molecule is COc1ccc(COC(=O)[C@@H](NC(=O)c2cccc(S(=O)(=O)N3CCOCC3)c2)C(C)C)cc1. The first-order valence-electron chi connectivity index (χ1n) is 11.0. The number of morpholine rings is 1. The van der Waals surface area contributed by atoms with Crippen molar-refractivity contribution in [3.8, 4) is 5.75 Å². The number of hydrogen-bond acceptors (Lipinski definition) is 7. The number of carbonyl (C=O) groups excluding carboxylic acids is 2. The molecule has 0 aromatic heterocycles. The van der Waals surface area contributed by atoms with Crippen LogP contribution in [0.5, 0.6) is 5.75 Å². The van der Waals surface area contributed by atoms with Crippen molar-refractivity contribution >= 4 is 21.9 Å². The van der Waals surface area contributed by atoms with Crippen LogP contribution in [0.15, 0.2) is 53.4 Å². The van der Waals surface area contributed by atoms with Gasteiger partial charge in [0.05, 0.1) is 25.2 Å². The molecular formula is C24H30N2O7S. The van der Waals surface area contributed by atoms with Gasteiger partial charge in [-0.15, -0.1) is 0 Å². The number of amides is 1. The largest absolute Gasteiger partial charge is 0.497 e. The van der Waals surface area contributed by atoms with Gasteiger partial charge in [-0.25, -0.2) is 13.2 Å². The van der Waals surface area contributed by atoms with Gasteiger partial charge in [0.15, 0.2) is 0 Å². The lowest BCUT2D eigenvalue weighted by Gasteiger charge is -2.26. The molecule has 3 rings (SSSR count). The van der Waals surface area contributed by atoms with Crippen molar-refractivity contribution < 1.29 is 32.2 Å². The van der Waals surface area contributed by atoms with Gasteiger partial charge in [-0.05, 0) is 41.8 Å². The molecule has 2 aromatic rings. The molecule has 1 heterocycles. The molecule has 1 N–H and O–H groups in total. The maximum atomic E-state index is 12.9. The topological polar surface area (TPSA) is 111 Å². The van der Waals surface area contributed by atoms with Crippen LogP contribution in [0, 0.1) is 5.92 Å². The standard InChI is InChI=1S/C24H30N2O7S/c1-17(2)22(24(28)33-16-18-7-9-20(31-3)10-8-18)25-23(27)19-5-4-6-21(15-19)34(29,30)26-11-13-32-14-12-26/h4-10,15,17,22H,11-14,16H2,1-3H3,(H,25,27)/t22-/m0/s1. The highest BCUT2D eigenvalue weighted by Crippen LogP contribution is 2.19. The minimum absolute atomic E-state index is 0.0187. The molecule has 1 amide bonds. The van der Waals surface area contributed by atoms with Gasteiger partial charge in [-0.2, -0.15) is 4.31 Å². The van der Waals surface area contributed by atoms with E-state index in [0.29, 0.717) is 19.0 Å². The number of rotatable bonds is 9. The number of ether oxygens (including phenoxy) is 3. The van der Waals surface area contributed by atoms with Crippen LogP contribution in [0.1, 0.15) is 29.8 Å². The average molecular weight is 491 g/mol. The number of sulfonamides is 1. The maximum Gasteiger partial charge on any atom is 0.329 e. The molecule has 0 radical (unpaired) electrons. The smallest absolute Gasteiger partial charge is 0.329 e. The van der Waals surface area contributed by atoms with E-state index >= 15 is 0 Å². The fourth-order valence-electron chi connectivity index (χ4n) is 3.42. The molecule has 0 spiro atoms. The molecule has 10 heteroatoms. The summed E-state index contributed by atoms with van der Waals surface area (Å²) >= 11 is 0. The zero-order valence-electron chi connectivity index (χ0n) is 19.5. The predicted octanol–water partition coefficient (Wildman–Crippen LogP) is 2.21. The predicted molar refractivity (Wildman–Crippen MR) is 125 cm³/mol. The molecule has 0 bridgehead atoms. The molecular weight excluding hydrogens is 460 g/mol. The second kappa shape index (κ2) is 11.5. The summed E-state index contributed by atoms with van der Waals surface area (Å²) in [5.74, 6) is -0.678. The van der Waals surface area contributed by atoms with Gasteiger partial charge in [0.25, 0.3) is 5.91 Å². The number of esters is 1. The molecule has 0 unspecified atom stereocenters. The van der Waals surface area contributed by atoms with E-state index in [-0.39, 0.29) is 36.1 Å². The van der Waals surface area contributed by atoms with Crippen LogP contribution >= 0.6 is 0 Å². The van der Waals surface area contributed by atoms with Gasteiger partial charge >= 0.3 is 5.97 Å². The van der Waals surface area contributed by atoms with E-state index in [1.807, 2.05) is 0 Å². The molecule has 1 aliphatic rings. The Bertz CT molecular complexity index is 1090. The Hall–Kier alpha value is -2.95. The molecule has 184 valence electrons. The lowest BCUT2D eigenvalue weighted by atomic mass is 10.0. The third kappa shape index (κ3) is 6.34. The van der Waals surface area contributed by atoms with Crippen LogP contribution in [0.4, 0.5) is 0 Å². The van der Waals surface area contributed by atoms with Gasteiger partial charge in [-0.3, -0.25) is 4.79 Å². The summed E-state index contributed by atoms with van der Waals surface area (Å²) < 4.78 is 42.9. The monoisotopic (exact) mass is 490 g/mol. The highest BCUT2D eigenvalue weighted by Gasteiger charge is 2.29. The Labute approximate surface area is 200 Å². The normalized spacial score (nSPS) is 15.5. The lowest BCUT2D eigenvalue weighted by molar-refractivity contribution is -0.148. The second-order valence-electron chi connectivity index (χ2n) is 8.20. The number of nitrogens with zero attached hydrogens (tertiary/aromatic N) is 1. The van der Waals surface area contributed by atoms with E-state index in [2.05, 4.69) is 5.32 Å². The highest BCUT2D eigenvalue weighted by molar-refractivity contribution is 7.89. The Morgan fingerprint density at radius 1 is 1.09 bits per heavy atom. The molecule has 1 aliphatic heterocycles. The van der Waals surface area contributed by atoms with Crippen LogP contribution in [0.2, 0.25) is 0 Å². The zero-order chi connectivity index (χ0) is 24.7. The molecule has 9 nitrogen and oxygen atoms in total. The summed E-state index contributed by atoms with van der Waals surface area (Å²) in [5, 5.41) is 2.68. The first-order chi connectivity index (χ1) is 16.2. The van der Waals surface area contributed by atoms with E-state index in [1.54, 1.807) is 45.2 Å². The number of nitrogens with one attached hydrogen (secondary N) is 1. The Morgan fingerprint density at radius 2 is 1.76 bits per heavy atom. The molecule has 0 saturated carbocycles. The van der Waals surface area contributed by atoms with Gasteiger partial charge in [-0.1, -0.05) is 32.0 Å². The first-order valence-corrected chi connectivity index (χ1v) is 12.4. The minimum atomic E-state index is -3.75. The molecule has 1 atom stereocenters. The van der Waals surface area contributed by atoms with Gasteiger partial charge in [0.1, 0.15) is 18.4 Å². The Kier molecular flexibility index (Phi) is 8.65. The van der Waals surface area contributed by atoms with Crippen molar-refractivity contribution in [2.75, 3.05) is 33.4 Å². The van der Waals surface area contributed by atoms with Crippen LogP contribution in [0.3, 0.4) is 0 Å². The van der Waals surface area contributed by atoms with Crippen LogP contribution < -0.4 is 10.1 Å². The Balaban J connectivity index is 1.67. The summed E-state index contributed by atoms with van der Waals surface area (Å²) in [5.41, 5.74) is 0.923. The number of carbonyl (C=O) groups is 2. The van der Waals surface area contributed by atoms with Gasteiger partial charge in [0, 0.05) is 18.7 Å². The van der Waals surface area contributed by atoms with Gasteiger partial charge < -0.3 is 19.5 Å². The van der Waals surface area contributed by atoms with E-state index in [4.69, 9.17) is 14.2 Å². The van der Waals surface area contributed by atoms with E-state index in [1.165, 1.54) is 28.6 Å². The third-order valence-electron chi connectivity index (χ3n) is 5.45. The summed E-state index contributed by atoms with van der Waals surface area (Å²) in [6.45, 7) is 4.80. The summed E-state index contributed by atoms with van der Waals surface area (Å²) in [7, 11) is -2.18. The van der Waals surface area contributed by atoms with Crippen molar-refractivity contribution in [1.29, 1.82) is 0 Å². The lowest BCUT2D eigenvalue weighted by Crippen LogP contribution is -2.45. The van der Waals surface area contributed by atoms with Crippen LogP contribution in [0.25, 0.3) is 0 Å². The molecule has 1 saturated heterocycles.